The maximum atomic E-state index is 12.6. The van der Waals surface area contributed by atoms with E-state index in [-0.39, 0.29) is 11.1 Å². The van der Waals surface area contributed by atoms with Crippen molar-refractivity contribution in [3.05, 3.63) is 23.4 Å². The van der Waals surface area contributed by atoms with Crippen molar-refractivity contribution in [1.29, 1.82) is 0 Å². The van der Waals surface area contributed by atoms with E-state index in [1.165, 1.54) is 4.31 Å². The van der Waals surface area contributed by atoms with Gasteiger partial charge in [0.15, 0.2) is 5.03 Å². The number of hydrogen-bond acceptors (Lipinski definition) is 4. The molecule has 6 nitrogen and oxygen atoms in total. The largest absolute Gasteiger partial charge is 0.310 e. The molecule has 0 spiro atoms. The topological polar surface area (TPSA) is 78.1 Å². The number of rotatable bonds is 5. The molecule has 0 unspecified atom stereocenters. The summed E-state index contributed by atoms with van der Waals surface area (Å²) in [4.78, 5) is 0. The van der Waals surface area contributed by atoms with Crippen molar-refractivity contribution in [2.45, 2.75) is 44.8 Å². The molecule has 2 N–H and O–H groups in total. The third kappa shape index (κ3) is 3.11. The molecular weight excluding hydrogens is 276 g/mol. The van der Waals surface area contributed by atoms with Crippen LogP contribution in [-0.4, -0.2) is 42.1 Å². The second kappa shape index (κ2) is 6.07. The molecule has 2 heterocycles. The van der Waals surface area contributed by atoms with Gasteiger partial charge in [0.1, 0.15) is 0 Å². The molecule has 2 rings (SSSR count). The highest BCUT2D eigenvalue weighted by molar-refractivity contribution is 7.89. The van der Waals surface area contributed by atoms with Gasteiger partial charge in [0, 0.05) is 36.9 Å². The predicted molar refractivity (Wildman–Crippen MR) is 77.8 cm³/mol. The van der Waals surface area contributed by atoms with Gasteiger partial charge in [0.2, 0.25) is 0 Å². The Morgan fingerprint density at radius 3 is 2.80 bits per heavy atom. The maximum Gasteiger partial charge on any atom is 0.263 e. The lowest BCUT2D eigenvalue weighted by molar-refractivity contribution is 0.434. The SMILES string of the molecule is Cc1[nH]nc(S(=O)(=O)N2CC=CCC2)c1CNC(C)C. The van der Waals surface area contributed by atoms with Crippen LogP contribution in [0.5, 0.6) is 0 Å². The summed E-state index contributed by atoms with van der Waals surface area (Å²) in [5.74, 6) is 0. The first kappa shape index (κ1) is 15.2. The van der Waals surface area contributed by atoms with E-state index in [0.717, 1.165) is 17.7 Å². The van der Waals surface area contributed by atoms with Crippen LogP contribution >= 0.6 is 0 Å². The minimum atomic E-state index is -3.52. The summed E-state index contributed by atoms with van der Waals surface area (Å²) in [7, 11) is -3.52. The first-order chi connectivity index (χ1) is 9.43. The third-order valence-electron chi connectivity index (χ3n) is 3.33. The normalized spacial score (nSPS) is 17.0. The average Bonchev–Trinajstić information content (AvgIpc) is 2.79. The van der Waals surface area contributed by atoms with Crippen LogP contribution < -0.4 is 5.32 Å². The summed E-state index contributed by atoms with van der Waals surface area (Å²) in [5, 5.41) is 10.2. The van der Waals surface area contributed by atoms with Crippen LogP contribution in [0.2, 0.25) is 0 Å². The molecule has 0 saturated heterocycles. The average molecular weight is 298 g/mol. The Balaban J connectivity index is 2.29. The molecule has 0 amide bonds. The number of sulfonamides is 1. The van der Waals surface area contributed by atoms with Gasteiger partial charge in [0.05, 0.1) is 0 Å². The van der Waals surface area contributed by atoms with Crippen molar-refractivity contribution in [2.24, 2.45) is 0 Å². The summed E-state index contributed by atoms with van der Waals surface area (Å²) >= 11 is 0. The molecule has 0 fully saturated rings. The Kier molecular flexibility index (Phi) is 4.62. The first-order valence-electron chi connectivity index (χ1n) is 6.85. The molecule has 7 heteroatoms. The standard InChI is InChI=1S/C13H22N4O2S/c1-10(2)14-9-12-11(3)15-16-13(12)20(18,19)17-7-5-4-6-8-17/h4-5,10,14H,6-9H2,1-3H3,(H,15,16). The molecule has 1 aliphatic rings. The fourth-order valence-electron chi connectivity index (χ4n) is 2.12. The van der Waals surface area contributed by atoms with Gasteiger partial charge in [-0.2, -0.15) is 9.40 Å². The second-order valence-electron chi connectivity index (χ2n) is 5.29. The van der Waals surface area contributed by atoms with Crippen molar-refractivity contribution in [3.63, 3.8) is 0 Å². The van der Waals surface area contributed by atoms with E-state index in [2.05, 4.69) is 15.5 Å². The number of aryl methyl sites for hydroxylation is 1. The van der Waals surface area contributed by atoms with E-state index in [4.69, 9.17) is 0 Å². The quantitative estimate of drug-likeness (QED) is 0.800. The number of nitrogens with zero attached hydrogens (tertiary/aromatic N) is 2. The lowest BCUT2D eigenvalue weighted by Gasteiger charge is -2.22. The lowest BCUT2D eigenvalue weighted by Crippen LogP contribution is -2.35. The van der Waals surface area contributed by atoms with Crippen LogP contribution in [0.4, 0.5) is 0 Å². The minimum absolute atomic E-state index is 0.151. The molecule has 20 heavy (non-hydrogen) atoms. The van der Waals surface area contributed by atoms with Crippen LogP contribution in [0, 0.1) is 6.92 Å². The van der Waals surface area contributed by atoms with Crippen LogP contribution in [0.25, 0.3) is 0 Å². The van der Waals surface area contributed by atoms with Crippen molar-refractivity contribution in [3.8, 4) is 0 Å². The van der Waals surface area contributed by atoms with Crippen molar-refractivity contribution in [1.82, 2.24) is 19.8 Å². The molecule has 1 aliphatic heterocycles. The van der Waals surface area contributed by atoms with Crippen LogP contribution in [-0.2, 0) is 16.6 Å². The zero-order valence-corrected chi connectivity index (χ0v) is 13.0. The van der Waals surface area contributed by atoms with E-state index in [1.807, 2.05) is 32.9 Å². The fourth-order valence-corrected chi connectivity index (χ4v) is 3.69. The Labute approximate surface area is 120 Å². The van der Waals surface area contributed by atoms with Crippen LogP contribution in [0.1, 0.15) is 31.5 Å². The molecule has 1 aromatic heterocycles. The lowest BCUT2D eigenvalue weighted by atomic mass is 10.2. The van der Waals surface area contributed by atoms with Gasteiger partial charge in [0.25, 0.3) is 10.0 Å². The van der Waals surface area contributed by atoms with Gasteiger partial charge in [-0.15, -0.1) is 0 Å². The van der Waals surface area contributed by atoms with Gasteiger partial charge >= 0.3 is 0 Å². The summed E-state index contributed by atoms with van der Waals surface area (Å²) in [6, 6.07) is 0.290. The Hall–Kier alpha value is -1.18. The van der Waals surface area contributed by atoms with E-state index in [9.17, 15) is 8.42 Å². The molecule has 1 aromatic rings. The van der Waals surface area contributed by atoms with Gasteiger partial charge < -0.3 is 5.32 Å². The highest BCUT2D eigenvalue weighted by atomic mass is 32.2. The van der Waals surface area contributed by atoms with E-state index in [1.54, 1.807) is 0 Å². The first-order valence-corrected chi connectivity index (χ1v) is 8.29. The number of nitrogens with one attached hydrogen (secondary N) is 2. The fraction of sp³-hybridized carbons (Fsp3) is 0.615. The number of H-pyrrole nitrogens is 1. The Morgan fingerprint density at radius 2 is 2.20 bits per heavy atom. The third-order valence-corrected chi connectivity index (χ3v) is 5.17. The highest BCUT2D eigenvalue weighted by Crippen LogP contribution is 2.22. The van der Waals surface area contributed by atoms with Gasteiger partial charge in [-0.1, -0.05) is 26.0 Å². The zero-order valence-electron chi connectivity index (χ0n) is 12.2. The van der Waals surface area contributed by atoms with Crippen LogP contribution in [0.3, 0.4) is 0 Å². The van der Waals surface area contributed by atoms with Crippen molar-refractivity contribution >= 4 is 10.0 Å². The van der Waals surface area contributed by atoms with Gasteiger partial charge in [-0.3, -0.25) is 5.10 Å². The monoisotopic (exact) mass is 298 g/mol. The summed E-state index contributed by atoms with van der Waals surface area (Å²) in [6.07, 6.45) is 4.64. The summed E-state index contributed by atoms with van der Waals surface area (Å²) < 4.78 is 26.8. The number of aromatic nitrogens is 2. The number of aromatic amines is 1. The zero-order chi connectivity index (χ0) is 14.8. The van der Waals surface area contributed by atoms with E-state index >= 15 is 0 Å². The molecule has 0 saturated carbocycles. The predicted octanol–water partition coefficient (Wildman–Crippen LogP) is 1.17. The Morgan fingerprint density at radius 1 is 1.45 bits per heavy atom. The minimum Gasteiger partial charge on any atom is -0.310 e. The molecule has 0 aliphatic carbocycles. The second-order valence-corrected chi connectivity index (χ2v) is 7.14. The van der Waals surface area contributed by atoms with Crippen LogP contribution in [0.15, 0.2) is 17.2 Å². The van der Waals surface area contributed by atoms with Gasteiger partial charge in [-0.05, 0) is 13.3 Å². The highest BCUT2D eigenvalue weighted by Gasteiger charge is 2.30. The number of hydrogen-bond donors (Lipinski definition) is 2. The molecule has 0 radical (unpaired) electrons. The summed E-state index contributed by atoms with van der Waals surface area (Å²) in [5.41, 5.74) is 1.53. The van der Waals surface area contributed by atoms with Crippen molar-refractivity contribution in [2.75, 3.05) is 13.1 Å². The molecular formula is C13H22N4O2S. The van der Waals surface area contributed by atoms with Crippen molar-refractivity contribution < 1.29 is 8.42 Å². The molecule has 0 atom stereocenters. The smallest absolute Gasteiger partial charge is 0.263 e. The van der Waals surface area contributed by atoms with Gasteiger partial charge in [-0.25, -0.2) is 8.42 Å². The Bertz CT molecular complexity index is 590. The van der Waals surface area contributed by atoms with E-state index in [0.29, 0.717) is 19.6 Å². The van der Waals surface area contributed by atoms with E-state index < -0.39 is 10.0 Å². The molecule has 0 aromatic carbocycles. The summed E-state index contributed by atoms with van der Waals surface area (Å²) in [6.45, 7) is 7.34. The maximum absolute atomic E-state index is 12.6. The molecule has 112 valence electrons. The molecule has 0 bridgehead atoms.